The number of nitrogens with two attached hydrogens (primary N) is 1. The molecule has 5 nitrogen and oxygen atoms in total. The van der Waals surface area contributed by atoms with Gasteiger partial charge in [-0.05, 0) is 54.3 Å². The number of nitrogens with one attached hydrogen (secondary N) is 2. The summed E-state index contributed by atoms with van der Waals surface area (Å²) >= 11 is 0. The maximum absolute atomic E-state index is 11.9. The predicted molar refractivity (Wildman–Crippen MR) is 92.0 cm³/mol. The van der Waals surface area contributed by atoms with E-state index in [-0.39, 0.29) is 11.7 Å². The largest absolute Gasteiger partial charge is 0.508 e. The van der Waals surface area contributed by atoms with Crippen LogP contribution in [0.25, 0.3) is 17.2 Å². The topological polar surface area (TPSA) is 99.2 Å². The third kappa shape index (κ3) is 3.97. The van der Waals surface area contributed by atoms with Gasteiger partial charge in [0.05, 0.1) is 0 Å². The van der Waals surface area contributed by atoms with Crippen molar-refractivity contribution >= 4 is 17.9 Å². The molecule has 0 unspecified atom stereocenters. The van der Waals surface area contributed by atoms with Crippen LogP contribution in [0.1, 0.15) is 18.1 Å². The van der Waals surface area contributed by atoms with E-state index in [1.165, 1.54) is 0 Å². The van der Waals surface area contributed by atoms with E-state index in [1.54, 1.807) is 25.1 Å². The number of aryl methyl sites for hydroxylation is 1. The molecule has 23 heavy (non-hydrogen) atoms. The van der Waals surface area contributed by atoms with Crippen molar-refractivity contribution in [2.24, 2.45) is 5.73 Å². The Labute approximate surface area is 135 Å². The Bertz CT molecular complexity index is 795. The summed E-state index contributed by atoms with van der Waals surface area (Å²) in [6, 6.07) is 12.9. The number of amides is 1. The molecule has 0 aliphatic heterocycles. The van der Waals surface area contributed by atoms with Crippen LogP contribution in [0.4, 0.5) is 0 Å². The number of carbonyl (C=O) groups is 1. The highest BCUT2D eigenvalue weighted by molar-refractivity contribution is 6.06. The van der Waals surface area contributed by atoms with Crippen molar-refractivity contribution in [1.29, 1.82) is 5.41 Å². The summed E-state index contributed by atoms with van der Waals surface area (Å²) < 4.78 is 0. The standard InChI is InChI=1S/C18H19N3O2/c1-11-10-14(22)7-8-15(11)16-6-4-3-5-13(16)9-12(2)17(23)21-18(19)20/h3-10,22H,1-2H3,(H4,19,20,21,23)/b12-9+. The number of benzene rings is 2. The molecule has 2 aromatic carbocycles. The molecular weight excluding hydrogens is 290 g/mol. The molecule has 0 aromatic heterocycles. The molecule has 1 amide bonds. The second-order valence-corrected chi connectivity index (χ2v) is 5.28. The summed E-state index contributed by atoms with van der Waals surface area (Å²) in [4.78, 5) is 11.9. The summed E-state index contributed by atoms with van der Waals surface area (Å²) in [5.41, 5.74) is 9.38. The van der Waals surface area contributed by atoms with Crippen LogP contribution < -0.4 is 11.1 Å². The quantitative estimate of drug-likeness (QED) is 0.398. The van der Waals surface area contributed by atoms with Crippen molar-refractivity contribution in [3.8, 4) is 16.9 Å². The van der Waals surface area contributed by atoms with Gasteiger partial charge in [0.15, 0.2) is 5.96 Å². The predicted octanol–water partition coefficient (Wildman–Crippen LogP) is 2.78. The average Bonchev–Trinajstić information content (AvgIpc) is 2.47. The smallest absolute Gasteiger partial charge is 0.253 e. The minimum Gasteiger partial charge on any atom is -0.508 e. The van der Waals surface area contributed by atoms with Gasteiger partial charge < -0.3 is 10.8 Å². The molecular formula is C18H19N3O2. The lowest BCUT2D eigenvalue weighted by Gasteiger charge is -2.11. The lowest BCUT2D eigenvalue weighted by molar-refractivity contribution is -0.116. The molecule has 0 bridgehead atoms. The van der Waals surface area contributed by atoms with Gasteiger partial charge in [-0.25, -0.2) is 0 Å². The number of hydrogen-bond acceptors (Lipinski definition) is 3. The van der Waals surface area contributed by atoms with Crippen LogP contribution in [0, 0.1) is 12.3 Å². The Morgan fingerprint density at radius 1 is 1.22 bits per heavy atom. The lowest BCUT2D eigenvalue weighted by Crippen LogP contribution is -2.36. The molecule has 2 rings (SSSR count). The Balaban J connectivity index is 2.45. The van der Waals surface area contributed by atoms with Crippen LogP contribution in [-0.4, -0.2) is 17.0 Å². The van der Waals surface area contributed by atoms with Crippen LogP contribution in [0.3, 0.4) is 0 Å². The van der Waals surface area contributed by atoms with Crippen LogP contribution in [0.5, 0.6) is 5.75 Å². The minimum absolute atomic E-state index is 0.219. The number of guanidine groups is 1. The van der Waals surface area contributed by atoms with Gasteiger partial charge in [-0.1, -0.05) is 30.3 Å². The fraction of sp³-hybridized carbons (Fsp3) is 0.111. The van der Waals surface area contributed by atoms with E-state index < -0.39 is 5.91 Å². The maximum Gasteiger partial charge on any atom is 0.253 e. The summed E-state index contributed by atoms with van der Waals surface area (Å²) in [7, 11) is 0. The van der Waals surface area contributed by atoms with Crippen LogP contribution >= 0.6 is 0 Å². The number of aromatic hydroxyl groups is 1. The Hall–Kier alpha value is -3.08. The van der Waals surface area contributed by atoms with Crippen molar-refractivity contribution in [3.05, 3.63) is 59.2 Å². The van der Waals surface area contributed by atoms with Gasteiger partial charge in [0.2, 0.25) is 0 Å². The second kappa shape index (κ2) is 6.79. The van der Waals surface area contributed by atoms with E-state index in [0.717, 1.165) is 22.3 Å². The molecule has 0 spiro atoms. The molecule has 0 saturated heterocycles. The van der Waals surface area contributed by atoms with Crippen molar-refractivity contribution in [2.75, 3.05) is 0 Å². The zero-order chi connectivity index (χ0) is 17.0. The van der Waals surface area contributed by atoms with Gasteiger partial charge in [-0.15, -0.1) is 0 Å². The van der Waals surface area contributed by atoms with Gasteiger partial charge in [0, 0.05) is 5.57 Å². The first-order valence-corrected chi connectivity index (χ1v) is 7.11. The van der Waals surface area contributed by atoms with Crippen molar-refractivity contribution in [3.63, 3.8) is 0 Å². The minimum atomic E-state index is -0.408. The van der Waals surface area contributed by atoms with Gasteiger partial charge in [-0.3, -0.25) is 15.5 Å². The summed E-state index contributed by atoms with van der Waals surface area (Å²) in [5, 5.41) is 18.9. The molecule has 0 fully saturated rings. The van der Waals surface area contributed by atoms with Gasteiger partial charge in [-0.2, -0.15) is 0 Å². The molecule has 0 aliphatic carbocycles. The highest BCUT2D eigenvalue weighted by atomic mass is 16.3. The molecule has 5 N–H and O–H groups in total. The third-order valence-electron chi connectivity index (χ3n) is 3.44. The first kappa shape index (κ1) is 16.3. The SMILES string of the molecule is C/C(=C\c1ccccc1-c1ccc(O)cc1C)C(=O)NC(=N)N. The third-order valence-corrected chi connectivity index (χ3v) is 3.44. The van der Waals surface area contributed by atoms with Crippen LogP contribution in [0.2, 0.25) is 0 Å². The highest BCUT2D eigenvalue weighted by Gasteiger charge is 2.09. The number of carbonyl (C=O) groups excluding carboxylic acids is 1. The van der Waals surface area contributed by atoms with Gasteiger partial charge in [0.25, 0.3) is 5.91 Å². The van der Waals surface area contributed by atoms with E-state index in [2.05, 4.69) is 5.32 Å². The summed E-state index contributed by atoms with van der Waals surface area (Å²) in [6.45, 7) is 3.59. The van der Waals surface area contributed by atoms with E-state index in [4.69, 9.17) is 11.1 Å². The number of hydrogen-bond donors (Lipinski definition) is 4. The molecule has 0 heterocycles. The molecule has 0 atom stereocenters. The van der Waals surface area contributed by atoms with Gasteiger partial charge >= 0.3 is 0 Å². The average molecular weight is 309 g/mol. The normalized spacial score (nSPS) is 11.1. The van der Waals surface area contributed by atoms with Crippen molar-refractivity contribution in [2.45, 2.75) is 13.8 Å². The molecule has 0 aliphatic rings. The van der Waals surface area contributed by atoms with Crippen molar-refractivity contribution in [1.82, 2.24) is 5.32 Å². The Morgan fingerprint density at radius 2 is 1.91 bits per heavy atom. The summed E-state index contributed by atoms with van der Waals surface area (Å²) in [6.07, 6.45) is 1.75. The Morgan fingerprint density at radius 3 is 2.57 bits per heavy atom. The van der Waals surface area contributed by atoms with Crippen LogP contribution in [0.15, 0.2) is 48.0 Å². The Kier molecular flexibility index (Phi) is 4.81. The zero-order valence-corrected chi connectivity index (χ0v) is 13.1. The van der Waals surface area contributed by atoms with E-state index in [1.807, 2.05) is 37.3 Å². The fourth-order valence-corrected chi connectivity index (χ4v) is 2.34. The first-order chi connectivity index (χ1) is 10.9. The molecule has 0 radical (unpaired) electrons. The molecule has 0 saturated carbocycles. The zero-order valence-electron chi connectivity index (χ0n) is 13.1. The number of phenolic OH excluding ortho intramolecular Hbond substituents is 1. The lowest BCUT2D eigenvalue weighted by atomic mass is 9.95. The van der Waals surface area contributed by atoms with E-state index in [9.17, 15) is 9.90 Å². The first-order valence-electron chi connectivity index (χ1n) is 7.11. The summed E-state index contributed by atoms with van der Waals surface area (Å²) in [5.74, 6) is -0.573. The molecule has 118 valence electrons. The highest BCUT2D eigenvalue weighted by Crippen LogP contribution is 2.30. The monoisotopic (exact) mass is 309 g/mol. The van der Waals surface area contributed by atoms with E-state index in [0.29, 0.717) is 5.57 Å². The molecule has 5 heteroatoms. The van der Waals surface area contributed by atoms with Crippen LogP contribution in [-0.2, 0) is 4.79 Å². The van der Waals surface area contributed by atoms with E-state index >= 15 is 0 Å². The van der Waals surface area contributed by atoms with Gasteiger partial charge in [0.1, 0.15) is 5.75 Å². The molecule has 2 aromatic rings. The number of rotatable bonds is 3. The maximum atomic E-state index is 11.9. The second-order valence-electron chi connectivity index (χ2n) is 5.28. The number of phenols is 1. The fourth-order valence-electron chi connectivity index (χ4n) is 2.34. The van der Waals surface area contributed by atoms with Crippen molar-refractivity contribution < 1.29 is 9.90 Å².